The van der Waals surface area contributed by atoms with Gasteiger partial charge >= 0.3 is 0 Å². The molecule has 0 fully saturated rings. The molecule has 8 heteroatoms. The first kappa shape index (κ1) is 14.5. The number of amides is 1. The molecule has 1 aromatic heterocycles. The summed E-state index contributed by atoms with van der Waals surface area (Å²) in [6.45, 7) is 0.423. The van der Waals surface area contributed by atoms with E-state index in [0.29, 0.717) is 18.5 Å². The van der Waals surface area contributed by atoms with Crippen LogP contribution in [0, 0.1) is 10.1 Å². The Morgan fingerprint density at radius 2 is 2.24 bits per heavy atom. The van der Waals surface area contributed by atoms with Gasteiger partial charge in [-0.1, -0.05) is 0 Å². The Balaban J connectivity index is 1.94. The van der Waals surface area contributed by atoms with Gasteiger partial charge in [0.15, 0.2) is 0 Å². The van der Waals surface area contributed by atoms with Crippen molar-refractivity contribution in [2.24, 2.45) is 7.05 Å². The van der Waals surface area contributed by atoms with Crippen LogP contribution in [0.1, 0.15) is 16.1 Å². The van der Waals surface area contributed by atoms with Gasteiger partial charge in [-0.15, -0.1) is 0 Å². The second-order valence-corrected chi connectivity index (χ2v) is 4.52. The topological polar surface area (TPSA) is 116 Å². The van der Waals surface area contributed by atoms with Crippen molar-refractivity contribution < 1.29 is 9.72 Å². The highest BCUT2D eigenvalue weighted by atomic mass is 16.6. The lowest BCUT2D eigenvalue weighted by molar-refractivity contribution is -0.383. The van der Waals surface area contributed by atoms with Gasteiger partial charge in [0.05, 0.1) is 10.6 Å². The molecule has 1 heterocycles. The maximum absolute atomic E-state index is 11.9. The molecule has 2 aromatic rings. The maximum atomic E-state index is 11.9. The summed E-state index contributed by atoms with van der Waals surface area (Å²) >= 11 is 0. The molecule has 0 aliphatic carbocycles. The van der Waals surface area contributed by atoms with E-state index in [9.17, 15) is 14.9 Å². The van der Waals surface area contributed by atoms with Crippen LogP contribution in [0.4, 0.5) is 11.4 Å². The van der Waals surface area contributed by atoms with Gasteiger partial charge in [0.2, 0.25) is 0 Å². The van der Waals surface area contributed by atoms with Gasteiger partial charge in [0, 0.05) is 37.8 Å². The molecule has 0 radical (unpaired) electrons. The van der Waals surface area contributed by atoms with Gasteiger partial charge < -0.3 is 11.1 Å². The summed E-state index contributed by atoms with van der Waals surface area (Å²) in [6.07, 6.45) is 2.43. The van der Waals surface area contributed by atoms with E-state index in [4.69, 9.17) is 5.73 Å². The largest absolute Gasteiger partial charge is 0.393 e. The van der Waals surface area contributed by atoms with Crippen molar-refractivity contribution in [1.82, 2.24) is 15.1 Å². The Labute approximate surface area is 120 Å². The number of nitro groups is 1. The normalized spacial score (nSPS) is 10.3. The van der Waals surface area contributed by atoms with Gasteiger partial charge in [-0.3, -0.25) is 19.6 Å². The molecule has 0 bridgehead atoms. The molecule has 8 nitrogen and oxygen atoms in total. The van der Waals surface area contributed by atoms with Crippen LogP contribution in [0.5, 0.6) is 0 Å². The SMILES string of the molecule is Cn1ccc(CCNC(=O)c2ccc([N+](=O)[O-])c(N)c2)n1. The summed E-state index contributed by atoms with van der Waals surface area (Å²) in [5.74, 6) is -0.326. The van der Waals surface area contributed by atoms with Gasteiger partial charge in [0.1, 0.15) is 5.69 Å². The molecule has 2 rings (SSSR count). The number of aryl methyl sites for hydroxylation is 1. The molecule has 0 unspecified atom stereocenters. The molecule has 0 spiro atoms. The monoisotopic (exact) mass is 289 g/mol. The number of nitrogens with zero attached hydrogens (tertiary/aromatic N) is 3. The molecule has 0 aliphatic rings. The predicted molar refractivity (Wildman–Crippen MR) is 76.8 cm³/mol. The molecule has 1 amide bonds. The van der Waals surface area contributed by atoms with Crippen LogP contribution in [0.2, 0.25) is 0 Å². The van der Waals surface area contributed by atoms with Crippen molar-refractivity contribution in [3.05, 3.63) is 51.8 Å². The number of carbonyl (C=O) groups excluding carboxylic acids is 1. The van der Waals surface area contributed by atoms with Crippen molar-refractivity contribution in [2.45, 2.75) is 6.42 Å². The van der Waals surface area contributed by atoms with Crippen LogP contribution in [0.3, 0.4) is 0 Å². The average Bonchev–Trinajstić information content (AvgIpc) is 2.83. The van der Waals surface area contributed by atoms with Gasteiger partial charge in [-0.05, 0) is 18.2 Å². The third-order valence-corrected chi connectivity index (χ3v) is 2.92. The summed E-state index contributed by atoms with van der Waals surface area (Å²) < 4.78 is 1.69. The molecule has 0 saturated carbocycles. The lowest BCUT2D eigenvalue weighted by Crippen LogP contribution is -2.26. The van der Waals surface area contributed by atoms with E-state index in [1.165, 1.54) is 18.2 Å². The summed E-state index contributed by atoms with van der Waals surface area (Å²) in [4.78, 5) is 22.0. The molecule has 1 aromatic carbocycles. The molecule has 0 atom stereocenters. The molecule has 0 aliphatic heterocycles. The number of hydrogen-bond donors (Lipinski definition) is 2. The second-order valence-electron chi connectivity index (χ2n) is 4.52. The smallest absolute Gasteiger partial charge is 0.292 e. The van der Waals surface area contributed by atoms with E-state index < -0.39 is 4.92 Å². The summed E-state index contributed by atoms with van der Waals surface area (Å²) in [5.41, 5.74) is 6.48. The van der Waals surface area contributed by atoms with Crippen molar-refractivity contribution in [3.8, 4) is 0 Å². The Morgan fingerprint density at radius 1 is 1.48 bits per heavy atom. The third-order valence-electron chi connectivity index (χ3n) is 2.92. The van der Waals surface area contributed by atoms with Gasteiger partial charge in [0.25, 0.3) is 11.6 Å². The zero-order valence-electron chi connectivity index (χ0n) is 11.4. The lowest BCUT2D eigenvalue weighted by atomic mass is 10.1. The van der Waals surface area contributed by atoms with Crippen molar-refractivity contribution >= 4 is 17.3 Å². The lowest BCUT2D eigenvalue weighted by Gasteiger charge is -2.05. The molecular weight excluding hydrogens is 274 g/mol. The fourth-order valence-corrected chi connectivity index (χ4v) is 1.86. The van der Waals surface area contributed by atoms with Crippen LogP contribution in [0.15, 0.2) is 30.5 Å². The van der Waals surface area contributed by atoms with E-state index in [-0.39, 0.29) is 17.3 Å². The number of rotatable bonds is 5. The Hall–Kier alpha value is -2.90. The number of anilines is 1. The first-order valence-electron chi connectivity index (χ1n) is 6.28. The first-order valence-corrected chi connectivity index (χ1v) is 6.28. The average molecular weight is 289 g/mol. The molecular formula is C13H15N5O3. The Bertz CT molecular complexity index is 680. The van der Waals surface area contributed by atoms with Gasteiger partial charge in [-0.2, -0.15) is 5.10 Å². The number of nitrogens with two attached hydrogens (primary N) is 1. The highest BCUT2D eigenvalue weighted by Crippen LogP contribution is 2.21. The quantitative estimate of drug-likeness (QED) is 0.481. The maximum Gasteiger partial charge on any atom is 0.292 e. The third kappa shape index (κ3) is 3.56. The standard InChI is InChI=1S/C13H15N5O3/c1-17-7-5-10(16-17)4-6-15-13(19)9-2-3-12(18(20)21)11(14)8-9/h2-3,5,7-8H,4,6,14H2,1H3,(H,15,19). The first-order chi connectivity index (χ1) is 9.97. The van der Waals surface area contributed by atoms with E-state index in [1.54, 1.807) is 4.68 Å². The minimum Gasteiger partial charge on any atom is -0.393 e. The minimum absolute atomic E-state index is 0.0302. The number of nitrogens with one attached hydrogen (secondary N) is 1. The van der Waals surface area contributed by atoms with Crippen LogP contribution >= 0.6 is 0 Å². The van der Waals surface area contributed by atoms with E-state index in [1.807, 2.05) is 19.3 Å². The number of aromatic nitrogens is 2. The Kier molecular flexibility index (Phi) is 4.17. The molecule has 0 saturated heterocycles. The summed E-state index contributed by atoms with van der Waals surface area (Å²) in [5, 5.41) is 17.6. The number of carbonyl (C=O) groups is 1. The van der Waals surface area contributed by atoms with Crippen LogP contribution in [-0.4, -0.2) is 27.2 Å². The predicted octanol–water partition coefficient (Wildman–Crippen LogP) is 0.883. The molecule has 21 heavy (non-hydrogen) atoms. The Morgan fingerprint density at radius 3 is 2.81 bits per heavy atom. The number of hydrogen-bond acceptors (Lipinski definition) is 5. The minimum atomic E-state index is -0.585. The highest BCUT2D eigenvalue weighted by molar-refractivity contribution is 5.95. The summed E-state index contributed by atoms with van der Waals surface area (Å²) in [7, 11) is 1.82. The van der Waals surface area contributed by atoms with Crippen LogP contribution in [0.25, 0.3) is 0 Å². The van der Waals surface area contributed by atoms with Gasteiger partial charge in [-0.25, -0.2) is 0 Å². The van der Waals surface area contributed by atoms with Crippen molar-refractivity contribution in [3.63, 3.8) is 0 Å². The fraction of sp³-hybridized carbons (Fsp3) is 0.231. The second kappa shape index (κ2) is 6.04. The summed E-state index contributed by atoms with van der Waals surface area (Å²) in [6, 6.07) is 5.78. The molecule has 110 valence electrons. The number of nitro benzene ring substituents is 1. The zero-order valence-corrected chi connectivity index (χ0v) is 11.4. The number of benzene rings is 1. The molecule has 3 N–H and O–H groups in total. The zero-order chi connectivity index (χ0) is 15.4. The van der Waals surface area contributed by atoms with Crippen LogP contribution < -0.4 is 11.1 Å². The fourth-order valence-electron chi connectivity index (χ4n) is 1.86. The van der Waals surface area contributed by atoms with Crippen molar-refractivity contribution in [2.75, 3.05) is 12.3 Å². The van der Waals surface area contributed by atoms with E-state index in [2.05, 4.69) is 10.4 Å². The van der Waals surface area contributed by atoms with Crippen molar-refractivity contribution in [1.29, 1.82) is 0 Å². The van der Waals surface area contributed by atoms with Crippen LogP contribution in [-0.2, 0) is 13.5 Å². The van der Waals surface area contributed by atoms with E-state index in [0.717, 1.165) is 5.69 Å². The number of nitrogen functional groups attached to an aromatic ring is 1. The van der Waals surface area contributed by atoms with E-state index >= 15 is 0 Å². The highest BCUT2D eigenvalue weighted by Gasteiger charge is 2.14.